The number of hydrogen-bond acceptors (Lipinski definition) is 5. The topological polar surface area (TPSA) is 102 Å². The van der Waals surface area contributed by atoms with Crippen molar-refractivity contribution in [3.05, 3.63) is 11.6 Å². The average Bonchev–Trinajstić information content (AvgIpc) is 2.92. The van der Waals surface area contributed by atoms with Crippen molar-refractivity contribution < 1.29 is 18.3 Å². The molecular formula is C12H17N3O4S. The van der Waals surface area contributed by atoms with Crippen molar-refractivity contribution in [2.45, 2.75) is 43.9 Å². The highest BCUT2D eigenvalue weighted by Gasteiger charge is 2.33. The molecular weight excluding hydrogens is 282 g/mol. The minimum absolute atomic E-state index is 0.256. The van der Waals surface area contributed by atoms with Gasteiger partial charge in [-0.1, -0.05) is 0 Å². The van der Waals surface area contributed by atoms with E-state index in [1.165, 1.54) is 0 Å². The van der Waals surface area contributed by atoms with Gasteiger partial charge in [0.15, 0.2) is 15.7 Å². The first-order valence-electron chi connectivity index (χ1n) is 6.82. The molecule has 1 aromatic heterocycles. The molecule has 0 saturated carbocycles. The van der Waals surface area contributed by atoms with Crippen LogP contribution in [-0.2, 0) is 34.0 Å². The summed E-state index contributed by atoms with van der Waals surface area (Å²) in [5.41, 5.74) is 0. The van der Waals surface area contributed by atoms with Crippen molar-refractivity contribution in [1.29, 1.82) is 0 Å². The maximum absolute atomic E-state index is 11.8. The van der Waals surface area contributed by atoms with Gasteiger partial charge in [0.25, 0.3) is 0 Å². The molecule has 1 N–H and O–H groups in total. The molecule has 1 saturated heterocycles. The van der Waals surface area contributed by atoms with Crippen LogP contribution in [0.2, 0.25) is 0 Å². The third-order valence-corrected chi connectivity index (χ3v) is 6.41. The van der Waals surface area contributed by atoms with Crippen LogP contribution in [0.25, 0.3) is 0 Å². The van der Waals surface area contributed by atoms with Crippen molar-refractivity contribution in [2.24, 2.45) is 5.92 Å². The Morgan fingerprint density at radius 1 is 1.40 bits per heavy atom. The number of aromatic nitrogens is 3. The van der Waals surface area contributed by atoms with Crippen LogP contribution < -0.4 is 0 Å². The van der Waals surface area contributed by atoms with Crippen LogP contribution in [0.3, 0.4) is 0 Å². The van der Waals surface area contributed by atoms with Crippen LogP contribution in [0, 0.1) is 5.92 Å². The molecule has 2 aliphatic rings. The quantitative estimate of drug-likeness (QED) is 0.845. The molecule has 110 valence electrons. The summed E-state index contributed by atoms with van der Waals surface area (Å²) in [5.74, 6) is 0.233. The molecule has 1 aromatic rings. The molecule has 0 bridgehead atoms. The predicted octanol–water partition coefficient (Wildman–Crippen LogP) is 0.0448. The maximum Gasteiger partial charge on any atom is 0.307 e. The lowest BCUT2D eigenvalue weighted by Crippen LogP contribution is -2.26. The largest absolute Gasteiger partial charge is 0.481 e. The molecule has 20 heavy (non-hydrogen) atoms. The van der Waals surface area contributed by atoms with Crippen molar-refractivity contribution in [2.75, 3.05) is 5.75 Å². The van der Waals surface area contributed by atoms with E-state index < -0.39 is 21.7 Å². The first-order chi connectivity index (χ1) is 9.45. The molecule has 8 heteroatoms. The van der Waals surface area contributed by atoms with Gasteiger partial charge in [-0.05, 0) is 19.3 Å². The Hall–Kier alpha value is -1.44. The van der Waals surface area contributed by atoms with Gasteiger partial charge in [-0.15, -0.1) is 0 Å². The number of fused-ring (bicyclic) bond motifs is 1. The van der Waals surface area contributed by atoms with Crippen molar-refractivity contribution >= 4 is 15.8 Å². The van der Waals surface area contributed by atoms with Gasteiger partial charge in [-0.2, -0.15) is 5.10 Å². The van der Waals surface area contributed by atoms with Gasteiger partial charge >= 0.3 is 5.97 Å². The number of hydrogen-bond donors (Lipinski definition) is 1. The van der Waals surface area contributed by atoms with Gasteiger partial charge in [0.05, 0.1) is 16.9 Å². The second kappa shape index (κ2) is 4.83. The summed E-state index contributed by atoms with van der Waals surface area (Å²) in [6.07, 6.45) is 2.65. The SMILES string of the molecule is O=C(O)C1CCn2nc(CC3CCCS3(=O)=O)nc2C1. The van der Waals surface area contributed by atoms with Crippen molar-refractivity contribution in [3.8, 4) is 0 Å². The molecule has 2 aliphatic heterocycles. The van der Waals surface area contributed by atoms with E-state index in [1.807, 2.05) is 0 Å². The van der Waals surface area contributed by atoms with Crippen LogP contribution in [0.1, 0.15) is 30.9 Å². The Kier molecular flexibility index (Phi) is 3.27. The summed E-state index contributed by atoms with van der Waals surface area (Å²) in [5, 5.41) is 13.0. The van der Waals surface area contributed by atoms with E-state index in [0.717, 1.165) is 0 Å². The standard InChI is InChI=1S/C12H17N3O4S/c16-12(17)8-3-4-15-11(6-8)13-10(14-15)7-9-2-1-5-20(9,18)19/h8-9H,1-7H2,(H,16,17). The highest BCUT2D eigenvalue weighted by atomic mass is 32.2. The molecule has 0 aromatic carbocycles. The number of carboxylic acid groups (broad SMARTS) is 1. The number of nitrogens with zero attached hydrogens (tertiary/aromatic N) is 3. The van der Waals surface area contributed by atoms with Crippen LogP contribution in [-0.4, -0.2) is 45.3 Å². The number of carboxylic acids is 1. The average molecular weight is 299 g/mol. The fourth-order valence-electron chi connectivity index (χ4n) is 2.95. The molecule has 0 spiro atoms. The predicted molar refractivity (Wildman–Crippen MR) is 70.0 cm³/mol. The normalized spacial score (nSPS) is 28.2. The highest BCUT2D eigenvalue weighted by Crippen LogP contribution is 2.24. The lowest BCUT2D eigenvalue weighted by molar-refractivity contribution is -0.142. The Balaban J connectivity index is 1.76. The number of sulfone groups is 1. The molecule has 0 radical (unpaired) electrons. The van der Waals surface area contributed by atoms with Crippen LogP contribution in [0.4, 0.5) is 0 Å². The fourth-order valence-corrected chi connectivity index (χ4v) is 4.78. The first-order valence-corrected chi connectivity index (χ1v) is 8.54. The van der Waals surface area contributed by atoms with Crippen molar-refractivity contribution in [1.82, 2.24) is 14.8 Å². The summed E-state index contributed by atoms with van der Waals surface area (Å²) < 4.78 is 25.3. The number of carbonyl (C=O) groups is 1. The van der Waals surface area contributed by atoms with E-state index in [1.54, 1.807) is 4.68 Å². The molecule has 3 rings (SSSR count). The highest BCUT2D eigenvalue weighted by molar-refractivity contribution is 7.92. The number of aliphatic carboxylic acids is 1. The van der Waals surface area contributed by atoms with E-state index in [9.17, 15) is 13.2 Å². The second-order valence-corrected chi connectivity index (χ2v) is 7.93. The Labute approximate surface area is 116 Å². The van der Waals surface area contributed by atoms with E-state index in [2.05, 4.69) is 10.1 Å². The molecule has 0 aliphatic carbocycles. The van der Waals surface area contributed by atoms with Gasteiger partial charge < -0.3 is 5.11 Å². The molecule has 2 atom stereocenters. The third-order valence-electron chi connectivity index (χ3n) is 4.13. The molecule has 3 heterocycles. The summed E-state index contributed by atoms with van der Waals surface area (Å²) in [7, 11) is -2.99. The minimum atomic E-state index is -2.99. The molecule has 1 fully saturated rings. The summed E-state index contributed by atoms with van der Waals surface area (Å²) in [4.78, 5) is 15.3. The maximum atomic E-state index is 11.8. The van der Waals surface area contributed by atoms with Gasteiger partial charge in [-0.3, -0.25) is 4.79 Å². The lowest BCUT2D eigenvalue weighted by Gasteiger charge is -2.17. The third kappa shape index (κ3) is 2.44. The number of aryl methyl sites for hydroxylation is 1. The smallest absolute Gasteiger partial charge is 0.307 e. The zero-order valence-electron chi connectivity index (χ0n) is 11.0. The van der Waals surface area contributed by atoms with Crippen LogP contribution in [0.5, 0.6) is 0 Å². The molecule has 0 amide bonds. The number of rotatable bonds is 3. The van der Waals surface area contributed by atoms with Gasteiger partial charge in [0, 0.05) is 19.4 Å². The minimum Gasteiger partial charge on any atom is -0.481 e. The van der Waals surface area contributed by atoms with Crippen molar-refractivity contribution in [3.63, 3.8) is 0 Å². The Morgan fingerprint density at radius 3 is 2.85 bits per heavy atom. The zero-order valence-corrected chi connectivity index (χ0v) is 11.8. The summed E-state index contributed by atoms with van der Waals surface area (Å²) in [6, 6.07) is 0. The lowest BCUT2D eigenvalue weighted by atomic mass is 9.98. The summed E-state index contributed by atoms with van der Waals surface area (Å²) >= 11 is 0. The van der Waals surface area contributed by atoms with E-state index in [0.29, 0.717) is 50.3 Å². The van der Waals surface area contributed by atoms with Gasteiger partial charge in [0.1, 0.15) is 5.82 Å². The first kappa shape index (κ1) is 13.5. The molecule has 2 unspecified atom stereocenters. The van der Waals surface area contributed by atoms with E-state index in [-0.39, 0.29) is 11.0 Å². The zero-order chi connectivity index (χ0) is 14.3. The fraction of sp³-hybridized carbons (Fsp3) is 0.750. The Bertz CT molecular complexity index is 637. The van der Waals surface area contributed by atoms with Crippen LogP contribution in [0.15, 0.2) is 0 Å². The Morgan fingerprint density at radius 2 is 2.20 bits per heavy atom. The second-order valence-electron chi connectivity index (χ2n) is 5.53. The van der Waals surface area contributed by atoms with Gasteiger partial charge in [0.2, 0.25) is 0 Å². The molecule has 7 nitrogen and oxygen atoms in total. The van der Waals surface area contributed by atoms with E-state index in [4.69, 9.17) is 5.11 Å². The van der Waals surface area contributed by atoms with Crippen LogP contribution >= 0.6 is 0 Å². The van der Waals surface area contributed by atoms with E-state index >= 15 is 0 Å². The summed E-state index contributed by atoms with van der Waals surface area (Å²) in [6.45, 7) is 0.538. The monoisotopic (exact) mass is 299 g/mol. The van der Waals surface area contributed by atoms with Gasteiger partial charge in [-0.25, -0.2) is 18.1 Å².